The van der Waals surface area contributed by atoms with Crippen molar-refractivity contribution in [3.63, 3.8) is 0 Å². The molecule has 0 aromatic carbocycles. The molecule has 0 radical (unpaired) electrons. The quantitative estimate of drug-likeness (QED) is 0.360. The van der Waals surface area contributed by atoms with Crippen molar-refractivity contribution in [2.75, 3.05) is 45.9 Å². The number of alkyl halides is 3. The van der Waals surface area contributed by atoms with E-state index in [2.05, 4.69) is 22.5 Å². The number of ether oxygens (including phenoxy) is 1. The molecule has 0 aromatic heterocycles. The van der Waals surface area contributed by atoms with Crippen molar-refractivity contribution in [3.05, 3.63) is 0 Å². The van der Waals surface area contributed by atoms with Gasteiger partial charge in [-0.05, 0) is 26.2 Å². The van der Waals surface area contributed by atoms with Crippen molar-refractivity contribution < 1.29 is 17.9 Å². The molecule has 1 unspecified atom stereocenters. The monoisotopic (exact) mass is 352 g/mol. The fraction of sp³-hybridized carbons (Fsp3) is 0.938. The molecule has 1 saturated heterocycles. The molecule has 1 aliphatic rings. The van der Waals surface area contributed by atoms with Crippen LogP contribution in [0.5, 0.6) is 0 Å². The number of aliphatic imine (C=N–C) groups is 1. The molecule has 24 heavy (non-hydrogen) atoms. The molecular formula is C16H31F3N4O. The molecular weight excluding hydrogens is 321 g/mol. The van der Waals surface area contributed by atoms with Gasteiger partial charge in [0.05, 0.1) is 6.54 Å². The molecule has 0 spiro atoms. The van der Waals surface area contributed by atoms with Gasteiger partial charge in [0.15, 0.2) is 5.96 Å². The highest BCUT2D eigenvalue weighted by Gasteiger charge is 2.34. The summed E-state index contributed by atoms with van der Waals surface area (Å²) in [7, 11) is 0. The van der Waals surface area contributed by atoms with Crippen molar-refractivity contribution in [3.8, 4) is 0 Å². The van der Waals surface area contributed by atoms with Gasteiger partial charge in [0, 0.05) is 45.4 Å². The number of halogens is 3. The van der Waals surface area contributed by atoms with Crippen LogP contribution in [-0.2, 0) is 4.74 Å². The molecule has 0 bridgehead atoms. The predicted molar refractivity (Wildman–Crippen MR) is 90.4 cm³/mol. The average Bonchev–Trinajstić information content (AvgIpc) is 2.91. The smallest absolute Gasteiger partial charge is 0.381 e. The molecule has 0 amide bonds. The molecule has 2 N–H and O–H groups in total. The third kappa shape index (κ3) is 9.97. The highest BCUT2D eigenvalue weighted by atomic mass is 19.4. The van der Waals surface area contributed by atoms with Crippen LogP contribution in [0.25, 0.3) is 0 Å². The molecule has 5 nitrogen and oxygen atoms in total. The van der Waals surface area contributed by atoms with E-state index in [0.717, 1.165) is 32.4 Å². The highest BCUT2D eigenvalue weighted by Crippen LogP contribution is 2.19. The van der Waals surface area contributed by atoms with Gasteiger partial charge in [0.25, 0.3) is 0 Å². The molecule has 0 aliphatic carbocycles. The van der Waals surface area contributed by atoms with Crippen molar-refractivity contribution in [2.24, 2.45) is 4.99 Å². The minimum Gasteiger partial charge on any atom is -0.381 e. The summed E-state index contributed by atoms with van der Waals surface area (Å²) in [5, 5.41) is 6.37. The lowest BCUT2D eigenvalue weighted by molar-refractivity contribution is -0.143. The lowest BCUT2D eigenvalue weighted by Crippen LogP contribution is -2.45. The maximum Gasteiger partial charge on any atom is 0.401 e. The van der Waals surface area contributed by atoms with E-state index in [9.17, 15) is 13.2 Å². The molecule has 142 valence electrons. The van der Waals surface area contributed by atoms with Crippen LogP contribution in [-0.4, -0.2) is 69.0 Å². The number of nitrogens with zero attached hydrogens (tertiary/aromatic N) is 2. The van der Waals surface area contributed by atoms with E-state index in [-0.39, 0.29) is 6.04 Å². The van der Waals surface area contributed by atoms with Gasteiger partial charge < -0.3 is 15.4 Å². The lowest BCUT2D eigenvalue weighted by Gasteiger charge is -2.19. The number of hydrogen-bond acceptors (Lipinski definition) is 3. The lowest BCUT2D eigenvalue weighted by atomic mass is 10.3. The second-order valence-electron chi connectivity index (χ2n) is 6.06. The number of guanidine groups is 1. The number of nitrogens with one attached hydrogen (secondary N) is 2. The summed E-state index contributed by atoms with van der Waals surface area (Å²) in [4.78, 5) is 5.90. The fourth-order valence-electron chi connectivity index (χ4n) is 2.57. The van der Waals surface area contributed by atoms with Crippen LogP contribution in [0.3, 0.4) is 0 Å². The summed E-state index contributed by atoms with van der Waals surface area (Å²) >= 11 is 0. The van der Waals surface area contributed by atoms with E-state index < -0.39 is 12.7 Å². The van der Waals surface area contributed by atoms with E-state index in [0.29, 0.717) is 38.6 Å². The standard InChI is InChI=1S/C16H31F3N4O/c1-3-5-10-24-11-6-8-21-15(20-4-2)22-14-7-9-23(12-14)13-16(17,18)19/h14H,3-13H2,1-2H3,(H2,20,21,22). The Bertz CT molecular complexity index is 364. The minimum atomic E-state index is -4.13. The minimum absolute atomic E-state index is 0.00551. The van der Waals surface area contributed by atoms with E-state index in [1.165, 1.54) is 4.90 Å². The molecule has 8 heteroatoms. The van der Waals surface area contributed by atoms with Crippen LogP contribution in [0.4, 0.5) is 13.2 Å². The summed E-state index contributed by atoms with van der Waals surface area (Å²) in [5.74, 6) is 0.671. The second-order valence-corrected chi connectivity index (χ2v) is 6.06. The first kappa shape index (κ1) is 21.0. The van der Waals surface area contributed by atoms with Crippen molar-refractivity contribution >= 4 is 5.96 Å². The normalized spacial score (nSPS) is 19.7. The Morgan fingerprint density at radius 1 is 1.25 bits per heavy atom. The topological polar surface area (TPSA) is 48.9 Å². The van der Waals surface area contributed by atoms with Gasteiger partial charge in [0.2, 0.25) is 0 Å². The van der Waals surface area contributed by atoms with Gasteiger partial charge in [-0.25, -0.2) is 0 Å². The summed E-state index contributed by atoms with van der Waals surface area (Å²) in [6.07, 6.45) is -0.403. The Morgan fingerprint density at radius 3 is 2.67 bits per heavy atom. The van der Waals surface area contributed by atoms with Gasteiger partial charge in [-0.1, -0.05) is 13.3 Å². The Labute approximate surface area is 143 Å². The number of likely N-dealkylation sites (tertiary alicyclic amines) is 1. The Kier molecular flexibility index (Phi) is 10.1. The number of rotatable bonds is 10. The predicted octanol–water partition coefficient (Wildman–Crippen LogP) is 2.38. The van der Waals surface area contributed by atoms with E-state index in [1.54, 1.807) is 0 Å². The van der Waals surface area contributed by atoms with Crippen molar-refractivity contribution in [1.29, 1.82) is 0 Å². The van der Waals surface area contributed by atoms with Crippen LogP contribution in [0.2, 0.25) is 0 Å². The van der Waals surface area contributed by atoms with Gasteiger partial charge >= 0.3 is 6.18 Å². The summed E-state index contributed by atoms with van der Waals surface area (Å²) in [5.41, 5.74) is 0. The van der Waals surface area contributed by atoms with Crippen LogP contribution >= 0.6 is 0 Å². The molecule has 1 rings (SSSR count). The van der Waals surface area contributed by atoms with Crippen molar-refractivity contribution in [1.82, 2.24) is 15.5 Å². The van der Waals surface area contributed by atoms with Crippen LogP contribution in [0.15, 0.2) is 4.99 Å². The SMILES string of the molecule is CCCCOCCCN=C(NCC)NC1CCN(CC(F)(F)F)C1. The van der Waals surface area contributed by atoms with E-state index in [4.69, 9.17) is 4.74 Å². The average molecular weight is 352 g/mol. The molecule has 1 atom stereocenters. The third-order valence-electron chi connectivity index (χ3n) is 3.72. The number of hydrogen-bond donors (Lipinski definition) is 2. The zero-order valence-electron chi connectivity index (χ0n) is 14.8. The first-order valence-electron chi connectivity index (χ1n) is 8.86. The second kappa shape index (κ2) is 11.5. The van der Waals surface area contributed by atoms with Gasteiger partial charge in [-0.15, -0.1) is 0 Å². The molecule has 1 fully saturated rings. The van der Waals surface area contributed by atoms with E-state index >= 15 is 0 Å². The third-order valence-corrected chi connectivity index (χ3v) is 3.72. The zero-order valence-corrected chi connectivity index (χ0v) is 14.8. The number of unbranched alkanes of at least 4 members (excludes halogenated alkanes) is 1. The summed E-state index contributed by atoms with van der Waals surface area (Å²) in [6, 6.07) is 0.00551. The van der Waals surface area contributed by atoms with Crippen molar-refractivity contribution in [2.45, 2.75) is 51.7 Å². The van der Waals surface area contributed by atoms with Crippen LogP contribution in [0.1, 0.15) is 39.5 Å². The van der Waals surface area contributed by atoms with Crippen LogP contribution < -0.4 is 10.6 Å². The molecule has 1 heterocycles. The highest BCUT2D eigenvalue weighted by molar-refractivity contribution is 5.80. The molecule has 1 aliphatic heterocycles. The first-order valence-corrected chi connectivity index (χ1v) is 8.86. The Morgan fingerprint density at radius 2 is 2.00 bits per heavy atom. The zero-order chi connectivity index (χ0) is 17.8. The fourth-order valence-corrected chi connectivity index (χ4v) is 2.57. The van der Waals surface area contributed by atoms with E-state index in [1.807, 2.05) is 6.92 Å². The summed E-state index contributed by atoms with van der Waals surface area (Å²) in [6.45, 7) is 6.94. The maximum absolute atomic E-state index is 12.4. The molecule has 0 aromatic rings. The Balaban J connectivity index is 2.28. The van der Waals surface area contributed by atoms with Crippen LogP contribution in [0, 0.1) is 0 Å². The first-order chi connectivity index (χ1) is 11.4. The molecule has 0 saturated carbocycles. The van der Waals surface area contributed by atoms with Gasteiger partial charge in [0.1, 0.15) is 0 Å². The van der Waals surface area contributed by atoms with Gasteiger partial charge in [-0.3, -0.25) is 9.89 Å². The van der Waals surface area contributed by atoms with Gasteiger partial charge in [-0.2, -0.15) is 13.2 Å². The maximum atomic E-state index is 12.4. The Hall–Kier alpha value is -1.02. The largest absolute Gasteiger partial charge is 0.401 e. The summed E-state index contributed by atoms with van der Waals surface area (Å²) < 4.78 is 42.8.